The van der Waals surface area contributed by atoms with Gasteiger partial charge in [0.1, 0.15) is 11.9 Å². The SMILES string of the molecule is Cc1cc(Br)cc(CBr)c1OC1CCS(=O)(=O)C1. The fraction of sp³-hybridized carbons (Fsp3) is 0.500. The molecule has 1 atom stereocenters. The van der Waals surface area contributed by atoms with Crippen molar-refractivity contribution in [3.8, 4) is 5.75 Å². The molecule has 18 heavy (non-hydrogen) atoms. The Hall–Kier alpha value is -0.0700. The molecular weight excluding hydrogens is 384 g/mol. The topological polar surface area (TPSA) is 43.4 Å². The second-order valence-corrected chi connectivity index (χ2v) is 8.19. The van der Waals surface area contributed by atoms with Crippen LogP contribution < -0.4 is 4.74 Å². The molecule has 1 saturated heterocycles. The van der Waals surface area contributed by atoms with Crippen molar-refractivity contribution in [1.29, 1.82) is 0 Å². The van der Waals surface area contributed by atoms with Gasteiger partial charge in [-0.15, -0.1) is 0 Å². The van der Waals surface area contributed by atoms with Crippen LogP contribution in [0, 0.1) is 6.92 Å². The highest BCUT2D eigenvalue weighted by molar-refractivity contribution is 9.10. The standard InChI is InChI=1S/C12H14Br2O3S/c1-8-4-10(14)5-9(6-13)12(8)17-11-2-3-18(15,16)7-11/h4-5,11H,2-3,6-7H2,1H3. The predicted octanol–water partition coefficient (Wildman–Crippen LogP) is 3.22. The molecule has 6 heteroatoms. The summed E-state index contributed by atoms with van der Waals surface area (Å²) in [6, 6.07) is 3.96. The monoisotopic (exact) mass is 396 g/mol. The molecule has 0 N–H and O–H groups in total. The molecule has 100 valence electrons. The molecule has 1 fully saturated rings. The van der Waals surface area contributed by atoms with Gasteiger partial charge in [0.15, 0.2) is 9.84 Å². The number of sulfone groups is 1. The molecule has 1 aliphatic rings. The van der Waals surface area contributed by atoms with Crippen molar-refractivity contribution in [3.05, 3.63) is 27.7 Å². The van der Waals surface area contributed by atoms with Gasteiger partial charge in [0.2, 0.25) is 0 Å². The van der Waals surface area contributed by atoms with E-state index in [1.165, 1.54) is 0 Å². The predicted molar refractivity (Wildman–Crippen MR) is 79.2 cm³/mol. The van der Waals surface area contributed by atoms with Crippen molar-refractivity contribution in [2.75, 3.05) is 11.5 Å². The molecule has 2 rings (SSSR count). The van der Waals surface area contributed by atoms with Crippen LogP contribution in [0.25, 0.3) is 0 Å². The molecular formula is C12H14Br2O3S. The highest BCUT2D eigenvalue weighted by atomic mass is 79.9. The van der Waals surface area contributed by atoms with Crippen LogP contribution in [0.3, 0.4) is 0 Å². The van der Waals surface area contributed by atoms with Crippen LogP contribution in [-0.4, -0.2) is 26.0 Å². The Morgan fingerprint density at radius 3 is 2.72 bits per heavy atom. The van der Waals surface area contributed by atoms with E-state index >= 15 is 0 Å². The minimum atomic E-state index is -2.90. The lowest BCUT2D eigenvalue weighted by molar-refractivity contribution is 0.225. The van der Waals surface area contributed by atoms with Gasteiger partial charge in [0.25, 0.3) is 0 Å². The first-order valence-electron chi connectivity index (χ1n) is 5.63. The number of alkyl halides is 1. The molecule has 0 bridgehead atoms. The first kappa shape index (κ1) is 14.3. The number of aryl methyl sites for hydroxylation is 1. The second kappa shape index (κ2) is 5.51. The third kappa shape index (κ3) is 3.27. The maximum absolute atomic E-state index is 11.4. The number of rotatable bonds is 3. The number of hydrogen-bond donors (Lipinski definition) is 0. The molecule has 1 aromatic rings. The molecule has 1 aromatic carbocycles. The van der Waals surface area contributed by atoms with Crippen LogP contribution in [0.1, 0.15) is 17.5 Å². The molecule has 0 amide bonds. The van der Waals surface area contributed by atoms with Gasteiger partial charge in [0.05, 0.1) is 11.5 Å². The van der Waals surface area contributed by atoms with E-state index in [1.807, 2.05) is 19.1 Å². The van der Waals surface area contributed by atoms with Crippen LogP contribution in [0.5, 0.6) is 5.75 Å². The molecule has 1 unspecified atom stereocenters. The Bertz CT molecular complexity index is 555. The van der Waals surface area contributed by atoms with E-state index in [0.29, 0.717) is 11.8 Å². The Balaban J connectivity index is 2.24. The summed E-state index contributed by atoms with van der Waals surface area (Å²) in [7, 11) is -2.90. The lowest BCUT2D eigenvalue weighted by atomic mass is 10.1. The van der Waals surface area contributed by atoms with Crippen LogP contribution in [-0.2, 0) is 15.2 Å². The van der Waals surface area contributed by atoms with E-state index in [2.05, 4.69) is 31.9 Å². The van der Waals surface area contributed by atoms with Crippen molar-refractivity contribution in [2.45, 2.75) is 24.8 Å². The normalized spacial score (nSPS) is 22.1. The van der Waals surface area contributed by atoms with Gasteiger partial charge >= 0.3 is 0 Å². The molecule has 1 aliphatic heterocycles. The number of benzene rings is 1. The van der Waals surface area contributed by atoms with E-state index in [9.17, 15) is 8.42 Å². The lowest BCUT2D eigenvalue weighted by Gasteiger charge is -2.17. The molecule has 0 aromatic heterocycles. The summed E-state index contributed by atoms with van der Waals surface area (Å²) in [5.41, 5.74) is 2.05. The van der Waals surface area contributed by atoms with Crippen LogP contribution >= 0.6 is 31.9 Å². The van der Waals surface area contributed by atoms with Gasteiger partial charge in [-0.25, -0.2) is 8.42 Å². The number of ether oxygens (including phenoxy) is 1. The molecule has 0 saturated carbocycles. The van der Waals surface area contributed by atoms with Gasteiger partial charge in [-0.2, -0.15) is 0 Å². The van der Waals surface area contributed by atoms with Crippen LogP contribution in [0.4, 0.5) is 0 Å². The summed E-state index contributed by atoms with van der Waals surface area (Å²) in [6.07, 6.45) is 0.368. The van der Waals surface area contributed by atoms with Gasteiger partial charge in [0, 0.05) is 15.4 Å². The Kier molecular flexibility index (Phi) is 4.39. The summed E-state index contributed by atoms with van der Waals surface area (Å²) in [6.45, 7) is 1.97. The fourth-order valence-electron chi connectivity index (χ4n) is 2.09. The van der Waals surface area contributed by atoms with Crippen molar-refractivity contribution < 1.29 is 13.2 Å². The zero-order valence-electron chi connectivity index (χ0n) is 9.95. The Labute approximate surface area is 124 Å². The maximum atomic E-state index is 11.4. The fourth-order valence-corrected chi connectivity index (χ4v) is 4.71. The van der Waals surface area contributed by atoms with E-state index in [0.717, 1.165) is 21.3 Å². The van der Waals surface area contributed by atoms with E-state index in [1.54, 1.807) is 0 Å². The van der Waals surface area contributed by atoms with Crippen molar-refractivity contribution in [3.63, 3.8) is 0 Å². The average Bonchev–Trinajstić information content (AvgIpc) is 2.61. The molecule has 0 spiro atoms. The van der Waals surface area contributed by atoms with Crippen molar-refractivity contribution in [1.82, 2.24) is 0 Å². The summed E-state index contributed by atoms with van der Waals surface area (Å²) >= 11 is 6.88. The summed E-state index contributed by atoms with van der Waals surface area (Å²) in [4.78, 5) is 0. The molecule has 1 heterocycles. The Morgan fingerprint density at radius 2 is 2.17 bits per heavy atom. The third-order valence-corrected chi connectivity index (χ3v) is 5.73. The quantitative estimate of drug-likeness (QED) is 0.735. The zero-order valence-corrected chi connectivity index (χ0v) is 13.9. The smallest absolute Gasteiger partial charge is 0.154 e. The van der Waals surface area contributed by atoms with Crippen LogP contribution in [0.15, 0.2) is 16.6 Å². The molecule has 3 nitrogen and oxygen atoms in total. The minimum absolute atomic E-state index is 0.129. The highest BCUT2D eigenvalue weighted by Crippen LogP contribution is 2.32. The first-order valence-corrected chi connectivity index (χ1v) is 9.37. The maximum Gasteiger partial charge on any atom is 0.154 e. The molecule has 0 aliphatic carbocycles. The average molecular weight is 398 g/mol. The summed E-state index contributed by atoms with van der Waals surface area (Å²) < 4.78 is 29.7. The van der Waals surface area contributed by atoms with Crippen molar-refractivity contribution in [2.24, 2.45) is 0 Å². The van der Waals surface area contributed by atoms with E-state index in [-0.39, 0.29) is 17.6 Å². The molecule has 0 radical (unpaired) electrons. The van der Waals surface area contributed by atoms with Gasteiger partial charge in [-0.05, 0) is 31.0 Å². The summed E-state index contributed by atoms with van der Waals surface area (Å²) in [5, 5.41) is 0.683. The third-order valence-electron chi connectivity index (χ3n) is 2.94. The van der Waals surface area contributed by atoms with Gasteiger partial charge in [-0.1, -0.05) is 31.9 Å². The van der Waals surface area contributed by atoms with Crippen molar-refractivity contribution >= 4 is 41.7 Å². The van der Waals surface area contributed by atoms with E-state index < -0.39 is 9.84 Å². The van der Waals surface area contributed by atoms with Gasteiger partial charge < -0.3 is 4.74 Å². The van der Waals surface area contributed by atoms with E-state index in [4.69, 9.17) is 4.74 Å². The lowest BCUT2D eigenvalue weighted by Crippen LogP contribution is -2.19. The second-order valence-electron chi connectivity index (χ2n) is 4.49. The highest BCUT2D eigenvalue weighted by Gasteiger charge is 2.30. The Morgan fingerprint density at radius 1 is 1.44 bits per heavy atom. The van der Waals surface area contributed by atoms with Gasteiger partial charge in [-0.3, -0.25) is 0 Å². The zero-order chi connectivity index (χ0) is 13.3. The number of halogens is 2. The first-order chi connectivity index (χ1) is 8.41. The largest absolute Gasteiger partial charge is 0.489 e. The summed E-state index contributed by atoms with van der Waals surface area (Å²) in [5.74, 6) is 1.17. The van der Waals surface area contributed by atoms with Crippen LogP contribution in [0.2, 0.25) is 0 Å². The number of hydrogen-bond acceptors (Lipinski definition) is 3. The minimum Gasteiger partial charge on any atom is -0.489 e.